The molecule has 0 radical (unpaired) electrons. The number of halogens is 2. The second-order valence-corrected chi connectivity index (χ2v) is 11.4. The van der Waals surface area contributed by atoms with E-state index in [1.54, 1.807) is 97.9 Å². The Hall–Kier alpha value is -4.04. The summed E-state index contributed by atoms with van der Waals surface area (Å²) in [6, 6.07) is 28.1. The highest BCUT2D eigenvalue weighted by molar-refractivity contribution is 8.00. The molecule has 1 unspecified atom stereocenters. The summed E-state index contributed by atoms with van der Waals surface area (Å²) >= 11 is 13.6. The van der Waals surface area contributed by atoms with E-state index >= 15 is 0 Å². The predicted molar refractivity (Wildman–Crippen MR) is 169 cm³/mol. The van der Waals surface area contributed by atoms with Gasteiger partial charge in [0.2, 0.25) is 5.91 Å². The number of benzene rings is 4. The molecule has 1 atom stereocenters. The molecule has 4 aromatic carbocycles. The van der Waals surface area contributed by atoms with Crippen LogP contribution in [0.2, 0.25) is 10.0 Å². The van der Waals surface area contributed by atoms with Crippen molar-refractivity contribution >= 4 is 70.1 Å². The van der Waals surface area contributed by atoms with Gasteiger partial charge in [0.05, 0.1) is 5.25 Å². The first-order valence-corrected chi connectivity index (χ1v) is 14.3. The number of amides is 3. The molecule has 0 saturated carbocycles. The van der Waals surface area contributed by atoms with Gasteiger partial charge in [0.25, 0.3) is 11.8 Å². The number of carbonyl (C=O) groups is 3. The molecule has 0 fully saturated rings. The predicted octanol–water partition coefficient (Wildman–Crippen LogP) is 7.83. The molecule has 0 bridgehead atoms. The van der Waals surface area contributed by atoms with Gasteiger partial charge in [-0.15, -0.1) is 11.8 Å². The quantitative estimate of drug-likeness (QED) is 0.134. The zero-order chi connectivity index (χ0) is 29.4. The summed E-state index contributed by atoms with van der Waals surface area (Å²) in [5, 5.41) is 9.09. The number of anilines is 2. The Kier molecular flexibility index (Phi) is 10.2. The van der Waals surface area contributed by atoms with Gasteiger partial charge in [-0.25, -0.2) is 0 Å². The third-order valence-corrected chi connectivity index (χ3v) is 7.48. The minimum absolute atomic E-state index is 0.0452. The average Bonchev–Trinajstić information content (AvgIpc) is 2.95. The summed E-state index contributed by atoms with van der Waals surface area (Å²) in [5.74, 6) is -1.11. The molecule has 0 aliphatic heterocycles. The summed E-state index contributed by atoms with van der Waals surface area (Å²) < 4.78 is 0. The van der Waals surface area contributed by atoms with Crippen LogP contribution in [0.3, 0.4) is 0 Å². The highest BCUT2D eigenvalue weighted by Crippen LogP contribution is 2.28. The van der Waals surface area contributed by atoms with E-state index in [1.807, 2.05) is 19.1 Å². The fourth-order valence-electron chi connectivity index (χ4n) is 3.77. The lowest BCUT2D eigenvalue weighted by molar-refractivity contribution is -0.115. The van der Waals surface area contributed by atoms with Crippen LogP contribution < -0.4 is 16.0 Å². The molecule has 9 heteroatoms. The highest BCUT2D eigenvalue weighted by atomic mass is 35.5. The van der Waals surface area contributed by atoms with Gasteiger partial charge in [-0.05, 0) is 85.6 Å². The average molecular weight is 605 g/mol. The van der Waals surface area contributed by atoms with Gasteiger partial charge < -0.3 is 16.0 Å². The summed E-state index contributed by atoms with van der Waals surface area (Å²) in [6.07, 6.45) is 1.56. The molecule has 0 aliphatic rings. The minimum atomic E-state index is -0.515. The standard InChI is InChI=1S/C32H27Cl2N3O3S/c1-20-14-15-25(34)18-28(20)36-30(38)21(2)41-27-13-7-12-26(19-27)35-32(40)29(17-22-8-6-11-24(33)16-22)37-31(39)23-9-4-3-5-10-23/h3-19,21H,1-2H3,(H,35,40)(H,36,38)(H,37,39)/b29-17-. The molecule has 3 amide bonds. The number of hydrogen-bond donors (Lipinski definition) is 3. The molecule has 0 heterocycles. The van der Waals surface area contributed by atoms with E-state index in [0.29, 0.717) is 32.5 Å². The Morgan fingerprint density at radius 3 is 2.29 bits per heavy atom. The van der Waals surface area contributed by atoms with Crippen molar-refractivity contribution < 1.29 is 14.4 Å². The lowest BCUT2D eigenvalue weighted by atomic mass is 10.1. The van der Waals surface area contributed by atoms with E-state index in [0.717, 1.165) is 10.5 Å². The van der Waals surface area contributed by atoms with Crippen LogP contribution in [-0.2, 0) is 9.59 Å². The summed E-state index contributed by atoms with van der Waals surface area (Å²) in [6.45, 7) is 3.70. The van der Waals surface area contributed by atoms with E-state index in [2.05, 4.69) is 16.0 Å². The first-order valence-electron chi connectivity index (χ1n) is 12.7. The van der Waals surface area contributed by atoms with Crippen molar-refractivity contribution in [1.29, 1.82) is 0 Å². The molecular weight excluding hydrogens is 577 g/mol. The zero-order valence-electron chi connectivity index (χ0n) is 22.3. The number of thioether (sulfide) groups is 1. The number of carbonyl (C=O) groups excluding carboxylic acids is 3. The molecule has 0 aromatic heterocycles. The smallest absolute Gasteiger partial charge is 0.272 e. The zero-order valence-corrected chi connectivity index (χ0v) is 24.6. The minimum Gasteiger partial charge on any atom is -0.325 e. The number of rotatable bonds is 9. The summed E-state index contributed by atoms with van der Waals surface area (Å²) in [5.41, 5.74) is 3.18. The third kappa shape index (κ3) is 8.72. The van der Waals surface area contributed by atoms with E-state index < -0.39 is 17.1 Å². The fourth-order valence-corrected chi connectivity index (χ4v) is 5.07. The molecule has 4 rings (SSSR count). The van der Waals surface area contributed by atoms with Crippen molar-refractivity contribution in [3.63, 3.8) is 0 Å². The van der Waals surface area contributed by atoms with Gasteiger partial charge in [0.15, 0.2) is 0 Å². The largest absolute Gasteiger partial charge is 0.325 e. The SMILES string of the molecule is Cc1ccc(Cl)cc1NC(=O)C(C)Sc1cccc(NC(=O)/C(=C/c2cccc(Cl)c2)NC(=O)c2ccccc2)c1. The maximum atomic E-state index is 13.4. The Bertz CT molecular complexity index is 1610. The first-order chi connectivity index (χ1) is 19.7. The van der Waals surface area contributed by atoms with E-state index in [9.17, 15) is 14.4 Å². The van der Waals surface area contributed by atoms with Crippen LogP contribution in [0, 0.1) is 6.92 Å². The monoisotopic (exact) mass is 603 g/mol. The molecule has 0 spiro atoms. The normalized spacial score (nSPS) is 11.9. The van der Waals surface area contributed by atoms with Crippen LogP contribution in [0.15, 0.2) is 108 Å². The third-order valence-electron chi connectivity index (χ3n) is 5.92. The molecule has 41 heavy (non-hydrogen) atoms. The lowest BCUT2D eigenvalue weighted by Crippen LogP contribution is -2.30. The van der Waals surface area contributed by atoms with Crippen molar-refractivity contribution in [2.75, 3.05) is 10.6 Å². The molecule has 0 aliphatic carbocycles. The molecule has 3 N–H and O–H groups in total. The number of aryl methyl sites for hydroxylation is 1. The van der Waals surface area contributed by atoms with E-state index in [-0.39, 0.29) is 11.6 Å². The maximum absolute atomic E-state index is 13.4. The van der Waals surface area contributed by atoms with Gasteiger partial charge >= 0.3 is 0 Å². The van der Waals surface area contributed by atoms with E-state index in [4.69, 9.17) is 23.2 Å². The van der Waals surface area contributed by atoms with Crippen LogP contribution in [0.4, 0.5) is 11.4 Å². The second-order valence-electron chi connectivity index (χ2n) is 9.12. The van der Waals surface area contributed by atoms with Crippen LogP contribution in [0.5, 0.6) is 0 Å². The van der Waals surface area contributed by atoms with Gasteiger partial charge in [-0.3, -0.25) is 14.4 Å². The number of nitrogens with one attached hydrogen (secondary N) is 3. The Labute approximate surface area is 253 Å². The van der Waals surface area contributed by atoms with Crippen molar-refractivity contribution in [2.45, 2.75) is 24.0 Å². The molecule has 6 nitrogen and oxygen atoms in total. The van der Waals surface area contributed by atoms with Gasteiger partial charge in [-0.2, -0.15) is 0 Å². The van der Waals surface area contributed by atoms with Crippen LogP contribution in [-0.4, -0.2) is 23.0 Å². The molecule has 208 valence electrons. The maximum Gasteiger partial charge on any atom is 0.272 e. The van der Waals surface area contributed by atoms with Crippen molar-refractivity contribution in [3.05, 3.63) is 129 Å². The summed E-state index contributed by atoms with van der Waals surface area (Å²) in [7, 11) is 0. The van der Waals surface area contributed by atoms with E-state index in [1.165, 1.54) is 11.8 Å². The molecule has 4 aromatic rings. The Balaban J connectivity index is 1.48. The van der Waals surface area contributed by atoms with Crippen LogP contribution in [0.1, 0.15) is 28.4 Å². The van der Waals surface area contributed by atoms with Gasteiger partial charge in [-0.1, -0.05) is 65.7 Å². The Morgan fingerprint density at radius 2 is 1.54 bits per heavy atom. The molecular formula is C32H27Cl2N3O3S. The van der Waals surface area contributed by atoms with Crippen LogP contribution in [0.25, 0.3) is 6.08 Å². The summed E-state index contributed by atoms with van der Waals surface area (Å²) in [4.78, 5) is 39.9. The first kappa shape index (κ1) is 29.9. The second kappa shape index (κ2) is 14.0. The lowest BCUT2D eigenvalue weighted by Gasteiger charge is -2.15. The number of hydrogen-bond acceptors (Lipinski definition) is 4. The van der Waals surface area contributed by atoms with Gasteiger partial charge in [0, 0.05) is 31.9 Å². The van der Waals surface area contributed by atoms with Crippen LogP contribution >= 0.6 is 35.0 Å². The molecule has 0 saturated heterocycles. The fraction of sp³-hybridized carbons (Fsp3) is 0.0938. The van der Waals surface area contributed by atoms with Crippen molar-refractivity contribution in [2.24, 2.45) is 0 Å². The Morgan fingerprint density at radius 1 is 0.805 bits per heavy atom. The highest BCUT2D eigenvalue weighted by Gasteiger charge is 2.18. The topological polar surface area (TPSA) is 87.3 Å². The van der Waals surface area contributed by atoms with Gasteiger partial charge in [0.1, 0.15) is 5.70 Å². The van der Waals surface area contributed by atoms with Crippen molar-refractivity contribution in [3.8, 4) is 0 Å². The van der Waals surface area contributed by atoms with Crippen molar-refractivity contribution in [1.82, 2.24) is 5.32 Å².